The van der Waals surface area contributed by atoms with E-state index in [4.69, 9.17) is 10.6 Å². The van der Waals surface area contributed by atoms with Crippen LogP contribution < -0.4 is 11.3 Å². The maximum atomic E-state index is 5.90. The van der Waals surface area contributed by atoms with Gasteiger partial charge in [0.05, 0.1) is 12.7 Å². The number of aryl methyl sites for hydroxylation is 1. The van der Waals surface area contributed by atoms with E-state index in [9.17, 15) is 0 Å². The highest BCUT2D eigenvalue weighted by molar-refractivity contribution is 7.09. The standard InChI is InChI=1S/C14H25N3OS/c1-2-7-17-8-9-18-14(11-17)13(16-15)6-5-12-4-3-10-19-12/h3-4,10,13-14,16H,2,5-9,11,15H2,1H3. The van der Waals surface area contributed by atoms with Crippen LogP contribution in [0.5, 0.6) is 0 Å². The number of rotatable bonds is 7. The smallest absolute Gasteiger partial charge is 0.0868 e. The largest absolute Gasteiger partial charge is 0.374 e. The first-order valence-electron chi connectivity index (χ1n) is 7.16. The summed E-state index contributed by atoms with van der Waals surface area (Å²) < 4.78 is 5.90. The van der Waals surface area contributed by atoms with Gasteiger partial charge in [-0.05, 0) is 37.3 Å². The summed E-state index contributed by atoms with van der Waals surface area (Å²) in [4.78, 5) is 3.89. The van der Waals surface area contributed by atoms with E-state index < -0.39 is 0 Å². The molecule has 3 N–H and O–H groups in total. The zero-order valence-electron chi connectivity index (χ0n) is 11.7. The molecule has 0 amide bonds. The van der Waals surface area contributed by atoms with Crippen molar-refractivity contribution in [3.63, 3.8) is 0 Å². The average Bonchev–Trinajstić information content (AvgIpc) is 2.94. The van der Waals surface area contributed by atoms with Crippen LogP contribution in [-0.2, 0) is 11.2 Å². The van der Waals surface area contributed by atoms with Crippen LogP contribution in [0.1, 0.15) is 24.6 Å². The third-order valence-corrected chi connectivity index (χ3v) is 4.60. The van der Waals surface area contributed by atoms with E-state index >= 15 is 0 Å². The Hall–Kier alpha value is -0.460. The Labute approximate surface area is 119 Å². The Morgan fingerprint density at radius 3 is 3.21 bits per heavy atom. The van der Waals surface area contributed by atoms with Crippen LogP contribution in [-0.4, -0.2) is 43.3 Å². The Morgan fingerprint density at radius 2 is 2.53 bits per heavy atom. The molecule has 2 rings (SSSR count). The molecule has 0 aliphatic carbocycles. The number of hydrazine groups is 1. The van der Waals surface area contributed by atoms with Crippen molar-refractivity contribution >= 4 is 11.3 Å². The van der Waals surface area contributed by atoms with Gasteiger partial charge < -0.3 is 4.74 Å². The van der Waals surface area contributed by atoms with Crippen molar-refractivity contribution < 1.29 is 4.74 Å². The van der Waals surface area contributed by atoms with Gasteiger partial charge in [0.2, 0.25) is 0 Å². The topological polar surface area (TPSA) is 50.5 Å². The molecule has 1 aromatic heterocycles. The second kappa shape index (κ2) is 7.97. The van der Waals surface area contributed by atoms with Gasteiger partial charge in [-0.2, -0.15) is 0 Å². The summed E-state index contributed by atoms with van der Waals surface area (Å²) in [5.41, 5.74) is 2.95. The summed E-state index contributed by atoms with van der Waals surface area (Å²) in [6, 6.07) is 4.52. The van der Waals surface area contributed by atoms with E-state index in [1.807, 2.05) is 11.3 Å². The first kappa shape index (κ1) is 14.9. The van der Waals surface area contributed by atoms with Crippen molar-refractivity contribution in [2.24, 2.45) is 5.84 Å². The van der Waals surface area contributed by atoms with Crippen molar-refractivity contribution in [3.05, 3.63) is 22.4 Å². The number of nitrogens with two attached hydrogens (primary N) is 1. The molecule has 108 valence electrons. The molecule has 5 heteroatoms. The Morgan fingerprint density at radius 1 is 1.63 bits per heavy atom. The number of morpholine rings is 1. The van der Waals surface area contributed by atoms with Gasteiger partial charge in [0.25, 0.3) is 0 Å². The van der Waals surface area contributed by atoms with Crippen molar-refractivity contribution in [1.82, 2.24) is 10.3 Å². The minimum absolute atomic E-state index is 0.213. The van der Waals surface area contributed by atoms with Crippen LogP contribution in [0.25, 0.3) is 0 Å². The van der Waals surface area contributed by atoms with Gasteiger partial charge in [-0.1, -0.05) is 13.0 Å². The highest BCUT2D eigenvalue weighted by atomic mass is 32.1. The van der Waals surface area contributed by atoms with Crippen LogP contribution in [0, 0.1) is 0 Å². The molecule has 0 bridgehead atoms. The molecule has 1 aromatic rings. The van der Waals surface area contributed by atoms with E-state index in [0.29, 0.717) is 0 Å². The number of nitrogens with zero attached hydrogens (tertiary/aromatic N) is 1. The maximum absolute atomic E-state index is 5.90. The fourth-order valence-electron chi connectivity index (χ4n) is 2.62. The molecule has 0 saturated carbocycles. The lowest BCUT2D eigenvalue weighted by Crippen LogP contribution is -2.54. The zero-order chi connectivity index (χ0) is 13.5. The van der Waals surface area contributed by atoms with Crippen LogP contribution in [0.4, 0.5) is 0 Å². The molecule has 2 atom stereocenters. The van der Waals surface area contributed by atoms with Gasteiger partial charge in [-0.15, -0.1) is 11.3 Å². The van der Waals surface area contributed by atoms with Crippen LogP contribution in [0.2, 0.25) is 0 Å². The summed E-state index contributed by atoms with van der Waals surface area (Å²) >= 11 is 1.81. The zero-order valence-corrected chi connectivity index (χ0v) is 12.5. The summed E-state index contributed by atoms with van der Waals surface area (Å²) in [6.07, 6.45) is 3.51. The first-order valence-corrected chi connectivity index (χ1v) is 8.04. The van der Waals surface area contributed by atoms with Crippen LogP contribution in [0.15, 0.2) is 17.5 Å². The molecule has 19 heavy (non-hydrogen) atoms. The molecule has 1 fully saturated rings. The van der Waals surface area contributed by atoms with Gasteiger partial charge >= 0.3 is 0 Å². The Kier molecular flexibility index (Phi) is 6.26. The second-order valence-electron chi connectivity index (χ2n) is 5.10. The van der Waals surface area contributed by atoms with Crippen molar-refractivity contribution in [3.8, 4) is 0 Å². The van der Waals surface area contributed by atoms with Crippen molar-refractivity contribution in [1.29, 1.82) is 0 Å². The van der Waals surface area contributed by atoms with E-state index in [2.05, 4.69) is 34.8 Å². The lowest BCUT2D eigenvalue weighted by molar-refractivity contribution is -0.0475. The monoisotopic (exact) mass is 283 g/mol. The number of hydrogen-bond donors (Lipinski definition) is 2. The molecule has 1 aliphatic heterocycles. The summed E-state index contributed by atoms with van der Waals surface area (Å²) in [5, 5.41) is 2.13. The maximum Gasteiger partial charge on any atom is 0.0868 e. The third kappa shape index (κ3) is 4.54. The van der Waals surface area contributed by atoms with Gasteiger partial charge in [-0.3, -0.25) is 16.2 Å². The molecule has 1 saturated heterocycles. The summed E-state index contributed by atoms with van der Waals surface area (Å²) in [6.45, 7) is 6.24. The fraction of sp³-hybridized carbons (Fsp3) is 0.714. The molecule has 0 radical (unpaired) electrons. The fourth-order valence-corrected chi connectivity index (χ4v) is 3.35. The predicted octanol–water partition coefficient (Wildman–Crippen LogP) is 1.62. The first-order chi connectivity index (χ1) is 9.33. The number of hydrogen-bond acceptors (Lipinski definition) is 5. The van der Waals surface area contributed by atoms with Gasteiger partial charge in [0.1, 0.15) is 0 Å². The van der Waals surface area contributed by atoms with Crippen LogP contribution in [0.3, 0.4) is 0 Å². The summed E-state index contributed by atoms with van der Waals surface area (Å²) in [5.74, 6) is 5.72. The molecule has 2 heterocycles. The van der Waals surface area contributed by atoms with E-state index in [-0.39, 0.29) is 12.1 Å². The molecule has 4 nitrogen and oxygen atoms in total. The van der Waals surface area contributed by atoms with Gasteiger partial charge in [0.15, 0.2) is 0 Å². The molecule has 0 spiro atoms. The quantitative estimate of drug-likeness (QED) is 0.590. The average molecular weight is 283 g/mol. The van der Waals surface area contributed by atoms with E-state index in [1.165, 1.54) is 11.3 Å². The highest BCUT2D eigenvalue weighted by Crippen LogP contribution is 2.16. The molecular weight excluding hydrogens is 258 g/mol. The van der Waals surface area contributed by atoms with Crippen molar-refractivity contribution in [2.45, 2.75) is 38.3 Å². The van der Waals surface area contributed by atoms with E-state index in [1.54, 1.807) is 0 Å². The van der Waals surface area contributed by atoms with Crippen molar-refractivity contribution in [2.75, 3.05) is 26.2 Å². The van der Waals surface area contributed by atoms with Crippen LogP contribution >= 0.6 is 11.3 Å². The number of nitrogens with one attached hydrogen (secondary N) is 1. The Balaban J connectivity index is 1.82. The normalized spacial score (nSPS) is 22.5. The third-order valence-electron chi connectivity index (χ3n) is 3.66. The second-order valence-corrected chi connectivity index (χ2v) is 6.13. The molecular formula is C14H25N3OS. The number of ether oxygens (including phenoxy) is 1. The van der Waals surface area contributed by atoms with E-state index in [0.717, 1.165) is 39.1 Å². The summed E-state index contributed by atoms with van der Waals surface area (Å²) in [7, 11) is 0. The lowest BCUT2D eigenvalue weighted by Gasteiger charge is -2.36. The molecule has 1 aliphatic rings. The number of thiophene rings is 1. The molecule has 2 unspecified atom stereocenters. The Bertz CT molecular complexity index is 342. The SMILES string of the molecule is CCCN1CCOC(C(CCc2cccs2)NN)C1. The van der Waals surface area contributed by atoms with Gasteiger partial charge in [0, 0.05) is 24.0 Å². The lowest BCUT2D eigenvalue weighted by atomic mass is 10.0. The predicted molar refractivity (Wildman–Crippen MR) is 80.2 cm³/mol. The minimum atomic E-state index is 0.213. The molecule has 0 aromatic carbocycles. The highest BCUT2D eigenvalue weighted by Gasteiger charge is 2.26. The minimum Gasteiger partial charge on any atom is -0.374 e. The van der Waals surface area contributed by atoms with Gasteiger partial charge in [-0.25, -0.2) is 0 Å².